The summed E-state index contributed by atoms with van der Waals surface area (Å²) < 4.78 is 0.242. The van der Waals surface area contributed by atoms with Gasteiger partial charge in [0.05, 0.1) is 15.9 Å². The van der Waals surface area contributed by atoms with Gasteiger partial charge in [0.25, 0.3) is 11.6 Å². The monoisotopic (exact) mass is 331 g/mol. The Balaban J connectivity index is 2.80. The van der Waals surface area contributed by atoms with Crippen LogP contribution in [-0.2, 0) is 4.79 Å². The summed E-state index contributed by atoms with van der Waals surface area (Å²) in [7, 11) is 0. The number of amides is 2. The highest BCUT2D eigenvalue weighted by molar-refractivity contribution is 9.10. The quantitative estimate of drug-likeness (QED) is 0.512. The molecule has 0 fully saturated rings. The number of rotatable bonds is 5. The van der Waals surface area contributed by atoms with Gasteiger partial charge in [-0.25, -0.2) is 0 Å². The van der Waals surface area contributed by atoms with Crippen LogP contribution in [0.1, 0.15) is 10.4 Å². The number of hydrogen-bond donors (Lipinski definition) is 3. The standard InChI is InChI=1S/C10H10BrN3O5/c11-6-2-1-5(3-7(6)14(18)19)10(17)13-4-8(15)9(12)16/h1-3,8,15H,4H2,(H2,12,16)(H,13,17). The van der Waals surface area contributed by atoms with E-state index in [0.717, 1.165) is 6.07 Å². The summed E-state index contributed by atoms with van der Waals surface area (Å²) in [6.45, 7) is -0.363. The Morgan fingerprint density at radius 2 is 2.16 bits per heavy atom. The number of hydrogen-bond acceptors (Lipinski definition) is 5. The number of carbonyl (C=O) groups is 2. The van der Waals surface area contributed by atoms with Crippen LogP contribution in [0.25, 0.3) is 0 Å². The molecule has 9 heteroatoms. The van der Waals surface area contributed by atoms with Crippen LogP contribution in [-0.4, -0.2) is 34.5 Å². The van der Waals surface area contributed by atoms with Gasteiger partial charge in [0.1, 0.15) is 6.10 Å². The van der Waals surface area contributed by atoms with Crippen molar-refractivity contribution in [3.63, 3.8) is 0 Å². The summed E-state index contributed by atoms with van der Waals surface area (Å²) in [5.74, 6) is -1.63. The minimum Gasteiger partial charge on any atom is -0.381 e. The average Bonchev–Trinajstić information content (AvgIpc) is 2.35. The summed E-state index contributed by atoms with van der Waals surface area (Å²) in [6.07, 6.45) is -1.51. The maximum absolute atomic E-state index is 11.6. The van der Waals surface area contributed by atoms with Crippen LogP contribution in [0.15, 0.2) is 22.7 Å². The summed E-state index contributed by atoms with van der Waals surface area (Å²) in [5, 5.41) is 22.0. The van der Waals surface area contributed by atoms with Crippen molar-refractivity contribution in [3.8, 4) is 0 Å². The second-order valence-electron chi connectivity index (χ2n) is 3.55. The van der Waals surface area contributed by atoms with E-state index in [-0.39, 0.29) is 22.3 Å². The Labute approximate surface area is 115 Å². The van der Waals surface area contributed by atoms with Crippen LogP contribution < -0.4 is 11.1 Å². The molecule has 0 spiro atoms. The Kier molecular flexibility index (Phi) is 4.95. The number of nitrogens with two attached hydrogens (primary N) is 1. The molecule has 19 heavy (non-hydrogen) atoms. The van der Waals surface area contributed by atoms with Crippen molar-refractivity contribution >= 4 is 33.4 Å². The molecule has 4 N–H and O–H groups in total. The first-order valence-electron chi connectivity index (χ1n) is 5.02. The third-order valence-corrected chi connectivity index (χ3v) is 2.86. The minimum absolute atomic E-state index is 0.0339. The zero-order valence-corrected chi connectivity index (χ0v) is 11.1. The highest BCUT2D eigenvalue weighted by atomic mass is 79.9. The number of nitrogens with zero attached hydrogens (tertiary/aromatic N) is 1. The summed E-state index contributed by atoms with van der Waals surface area (Å²) in [5.41, 5.74) is 4.58. The SMILES string of the molecule is NC(=O)C(O)CNC(=O)c1ccc(Br)c([N+](=O)[O-])c1. The lowest BCUT2D eigenvalue weighted by Crippen LogP contribution is -2.39. The molecule has 1 aromatic rings. The Bertz CT molecular complexity index is 534. The van der Waals surface area contributed by atoms with Gasteiger partial charge in [-0.05, 0) is 28.1 Å². The summed E-state index contributed by atoms with van der Waals surface area (Å²) >= 11 is 2.99. The third-order valence-electron chi connectivity index (χ3n) is 2.19. The van der Waals surface area contributed by atoms with Gasteiger partial charge in [0.15, 0.2) is 0 Å². The van der Waals surface area contributed by atoms with E-state index >= 15 is 0 Å². The molecule has 1 atom stereocenters. The van der Waals surface area contributed by atoms with Gasteiger partial charge in [-0.1, -0.05) is 0 Å². The number of carbonyl (C=O) groups excluding carboxylic acids is 2. The molecule has 1 unspecified atom stereocenters. The van der Waals surface area contributed by atoms with Gasteiger partial charge in [-0.2, -0.15) is 0 Å². The average molecular weight is 332 g/mol. The molecule has 102 valence electrons. The zero-order chi connectivity index (χ0) is 14.6. The van der Waals surface area contributed by atoms with E-state index in [1.165, 1.54) is 12.1 Å². The molecule has 0 aromatic heterocycles. The Hall–Kier alpha value is -2.00. The van der Waals surface area contributed by atoms with E-state index in [1.807, 2.05) is 0 Å². The van der Waals surface area contributed by atoms with Crippen LogP contribution in [0.5, 0.6) is 0 Å². The smallest absolute Gasteiger partial charge is 0.284 e. The molecule has 8 nitrogen and oxygen atoms in total. The third kappa shape index (κ3) is 4.00. The molecule has 0 aliphatic heterocycles. The summed E-state index contributed by atoms with van der Waals surface area (Å²) in [4.78, 5) is 32.3. The molecule has 0 radical (unpaired) electrons. The second-order valence-corrected chi connectivity index (χ2v) is 4.41. The zero-order valence-electron chi connectivity index (χ0n) is 9.50. The Morgan fingerprint density at radius 3 is 2.68 bits per heavy atom. The second kappa shape index (κ2) is 6.25. The van der Waals surface area contributed by atoms with Crippen molar-refractivity contribution in [2.75, 3.05) is 6.54 Å². The highest BCUT2D eigenvalue weighted by Crippen LogP contribution is 2.25. The molecule has 0 aliphatic carbocycles. The molecule has 1 rings (SSSR count). The molecular weight excluding hydrogens is 322 g/mol. The minimum atomic E-state index is -1.51. The van der Waals surface area contributed by atoms with Crippen LogP contribution in [0.3, 0.4) is 0 Å². The van der Waals surface area contributed by atoms with E-state index in [1.54, 1.807) is 0 Å². The van der Waals surface area contributed by atoms with Gasteiger partial charge in [-0.15, -0.1) is 0 Å². The number of aliphatic hydroxyl groups excluding tert-OH is 1. The van der Waals surface area contributed by atoms with E-state index in [2.05, 4.69) is 21.2 Å². The predicted molar refractivity (Wildman–Crippen MR) is 68.3 cm³/mol. The van der Waals surface area contributed by atoms with Crippen LogP contribution in [0, 0.1) is 10.1 Å². The maximum Gasteiger partial charge on any atom is 0.284 e. The normalized spacial score (nSPS) is 11.7. The van der Waals surface area contributed by atoms with E-state index < -0.39 is 22.8 Å². The topological polar surface area (TPSA) is 136 Å². The van der Waals surface area contributed by atoms with Crippen LogP contribution in [0.2, 0.25) is 0 Å². The molecule has 1 aromatic carbocycles. The first-order chi connectivity index (χ1) is 8.82. The van der Waals surface area contributed by atoms with Crippen LogP contribution >= 0.6 is 15.9 Å². The van der Waals surface area contributed by atoms with Gasteiger partial charge >= 0.3 is 0 Å². The number of primary amides is 1. The molecule has 0 heterocycles. The molecule has 0 saturated carbocycles. The van der Waals surface area contributed by atoms with Crippen molar-refractivity contribution in [2.24, 2.45) is 5.73 Å². The van der Waals surface area contributed by atoms with Gasteiger partial charge in [-0.3, -0.25) is 19.7 Å². The first kappa shape index (κ1) is 15.1. The van der Waals surface area contributed by atoms with Crippen molar-refractivity contribution < 1.29 is 19.6 Å². The number of nitro groups is 1. The number of benzene rings is 1. The van der Waals surface area contributed by atoms with E-state index in [0.29, 0.717) is 0 Å². The predicted octanol–water partition coefficient (Wildman–Crippen LogP) is -0.0667. The van der Waals surface area contributed by atoms with Gasteiger partial charge in [0.2, 0.25) is 5.91 Å². The van der Waals surface area contributed by atoms with Gasteiger partial charge in [0, 0.05) is 11.6 Å². The first-order valence-corrected chi connectivity index (χ1v) is 5.81. The molecule has 0 saturated heterocycles. The molecule has 2 amide bonds. The summed E-state index contributed by atoms with van der Waals surface area (Å²) in [6, 6.07) is 3.80. The Morgan fingerprint density at radius 1 is 1.53 bits per heavy atom. The fourth-order valence-electron chi connectivity index (χ4n) is 1.19. The van der Waals surface area contributed by atoms with Crippen molar-refractivity contribution in [1.82, 2.24) is 5.32 Å². The lowest BCUT2D eigenvalue weighted by Gasteiger charge is -2.08. The fraction of sp³-hybridized carbons (Fsp3) is 0.200. The number of halogens is 1. The maximum atomic E-state index is 11.6. The molecular formula is C10H10BrN3O5. The lowest BCUT2D eigenvalue weighted by molar-refractivity contribution is -0.385. The van der Waals surface area contributed by atoms with Crippen molar-refractivity contribution in [1.29, 1.82) is 0 Å². The van der Waals surface area contributed by atoms with Gasteiger partial charge < -0.3 is 16.2 Å². The number of nitro benzene ring substituents is 1. The van der Waals surface area contributed by atoms with Crippen LogP contribution in [0.4, 0.5) is 5.69 Å². The van der Waals surface area contributed by atoms with Crippen molar-refractivity contribution in [2.45, 2.75) is 6.10 Å². The molecule has 0 bridgehead atoms. The van der Waals surface area contributed by atoms with E-state index in [9.17, 15) is 19.7 Å². The number of nitrogens with one attached hydrogen (secondary N) is 1. The highest BCUT2D eigenvalue weighted by Gasteiger charge is 2.17. The lowest BCUT2D eigenvalue weighted by atomic mass is 10.2. The van der Waals surface area contributed by atoms with E-state index in [4.69, 9.17) is 10.8 Å². The number of aliphatic hydroxyl groups is 1. The fourth-order valence-corrected chi connectivity index (χ4v) is 1.58. The molecule has 0 aliphatic rings. The largest absolute Gasteiger partial charge is 0.381 e. The van der Waals surface area contributed by atoms with Crippen molar-refractivity contribution in [3.05, 3.63) is 38.3 Å².